The van der Waals surface area contributed by atoms with Crippen LogP contribution >= 0.6 is 11.3 Å². The topological polar surface area (TPSA) is 118 Å². The lowest BCUT2D eigenvalue weighted by Crippen LogP contribution is -2.53. The van der Waals surface area contributed by atoms with E-state index in [2.05, 4.69) is 0 Å². The van der Waals surface area contributed by atoms with E-state index in [1.54, 1.807) is 18.2 Å². The van der Waals surface area contributed by atoms with Crippen molar-refractivity contribution in [3.8, 4) is 5.75 Å². The van der Waals surface area contributed by atoms with Crippen LogP contribution in [0.15, 0.2) is 29.1 Å². The molecule has 0 bridgehead atoms. The molecule has 0 amide bonds. The second-order valence-corrected chi connectivity index (χ2v) is 5.46. The van der Waals surface area contributed by atoms with Gasteiger partial charge in [0.15, 0.2) is 5.54 Å². The predicted octanol–water partition coefficient (Wildman–Crippen LogP) is 0.952. The number of fused-ring (bicyclic) bond motifs is 1. The Morgan fingerprint density at radius 2 is 1.90 bits per heavy atom. The molecule has 1 aromatic heterocycles. The number of rotatable bonds is 3. The molecule has 0 saturated heterocycles. The molecule has 0 aliphatic carbocycles. The van der Waals surface area contributed by atoms with E-state index in [9.17, 15) is 19.5 Å². The van der Waals surface area contributed by atoms with E-state index in [0.717, 1.165) is 18.3 Å². The lowest BCUT2D eigenvalue weighted by molar-refractivity contribution is -0.140. The molecule has 0 fully saturated rings. The van der Waals surface area contributed by atoms with Crippen LogP contribution in [0.4, 0.5) is 0 Å². The summed E-state index contributed by atoms with van der Waals surface area (Å²) in [6, 6.07) is 6.47. The Bertz CT molecular complexity index is 778. The fourth-order valence-electron chi connectivity index (χ4n) is 1.69. The van der Waals surface area contributed by atoms with Crippen molar-refractivity contribution >= 4 is 33.2 Å². The number of benzene rings is 1. The molecule has 2 aromatic rings. The van der Waals surface area contributed by atoms with Gasteiger partial charge in [0.25, 0.3) is 0 Å². The Morgan fingerprint density at radius 1 is 1.30 bits per heavy atom. The SMILES string of the molecule is CC(N)(C(=O)O)C(=O)c1c(O)c2ccccc2sc1=O. The van der Waals surface area contributed by atoms with E-state index >= 15 is 0 Å². The van der Waals surface area contributed by atoms with E-state index in [1.807, 2.05) is 0 Å². The maximum atomic E-state index is 12.1. The lowest BCUT2D eigenvalue weighted by Gasteiger charge is -2.17. The molecular weight excluding hydrogens is 282 g/mol. The first kappa shape index (κ1) is 14.2. The van der Waals surface area contributed by atoms with Gasteiger partial charge < -0.3 is 15.9 Å². The van der Waals surface area contributed by atoms with Crippen molar-refractivity contribution in [3.63, 3.8) is 0 Å². The van der Waals surface area contributed by atoms with Crippen LogP contribution in [0.3, 0.4) is 0 Å². The Balaban J connectivity index is 2.76. The van der Waals surface area contributed by atoms with Crippen molar-refractivity contribution in [2.45, 2.75) is 12.5 Å². The maximum absolute atomic E-state index is 12.1. The van der Waals surface area contributed by atoms with Crippen LogP contribution in [0.5, 0.6) is 5.75 Å². The van der Waals surface area contributed by atoms with Gasteiger partial charge in [-0.05, 0) is 19.1 Å². The van der Waals surface area contributed by atoms with Gasteiger partial charge in [-0.1, -0.05) is 23.5 Å². The monoisotopic (exact) mass is 293 g/mol. The average Bonchev–Trinajstić information content (AvgIpc) is 2.38. The molecule has 6 nitrogen and oxygen atoms in total. The fraction of sp³-hybridized carbons (Fsp3) is 0.154. The van der Waals surface area contributed by atoms with Crippen LogP contribution in [-0.4, -0.2) is 27.5 Å². The normalized spacial score (nSPS) is 13.9. The Hall–Kier alpha value is -2.25. The Labute approximate surface area is 117 Å². The van der Waals surface area contributed by atoms with Crippen molar-refractivity contribution in [1.29, 1.82) is 0 Å². The summed E-state index contributed by atoms with van der Waals surface area (Å²) in [7, 11) is 0. The van der Waals surface area contributed by atoms with E-state index < -0.39 is 33.3 Å². The number of carboxylic acid groups (broad SMARTS) is 1. The summed E-state index contributed by atoms with van der Waals surface area (Å²) in [4.78, 5) is 35.1. The van der Waals surface area contributed by atoms with Gasteiger partial charge in [0.05, 0.1) is 0 Å². The molecule has 0 aliphatic heterocycles. The molecule has 0 saturated carbocycles. The maximum Gasteiger partial charge on any atom is 0.331 e. The van der Waals surface area contributed by atoms with Crippen LogP contribution in [0.1, 0.15) is 17.3 Å². The highest BCUT2D eigenvalue weighted by atomic mass is 32.1. The van der Waals surface area contributed by atoms with E-state index in [-0.39, 0.29) is 0 Å². The van der Waals surface area contributed by atoms with Gasteiger partial charge in [-0.15, -0.1) is 0 Å². The van der Waals surface area contributed by atoms with Crippen LogP contribution in [0.2, 0.25) is 0 Å². The van der Waals surface area contributed by atoms with Crippen molar-refractivity contribution < 1.29 is 19.8 Å². The average molecular weight is 293 g/mol. The zero-order valence-corrected chi connectivity index (χ0v) is 11.2. The largest absolute Gasteiger partial charge is 0.506 e. The third-order valence-electron chi connectivity index (χ3n) is 2.93. The predicted molar refractivity (Wildman–Crippen MR) is 74.3 cm³/mol. The molecule has 0 spiro atoms. The highest BCUT2D eigenvalue weighted by Crippen LogP contribution is 2.30. The standard InChI is InChI=1S/C13H11NO5S/c1-13(14,12(18)19)10(16)8-9(15)6-4-2-3-5-7(6)20-11(8)17/h2-5,15H,14H2,1H3,(H,18,19). The number of aliphatic carboxylic acids is 1. The third kappa shape index (κ3) is 2.06. The molecule has 1 aromatic carbocycles. The second kappa shape index (κ2) is 4.69. The van der Waals surface area contributed by atoms with Gasteiger partial charge in [0.2, 0.25) is 10.5 Å². The number of carbonyl (C=O) groups is 2. The number of carbonyl (C=O) groups excluding carboxylic acids is 1. The summed E-state index contributed by atoms with van der Waals surface area (Å²) in [6.07, 6.45) is 0. The molecule has 20 heavy (non-hydrogen) atoms. The van der Waals surface area contributed by atoms with Crippen LogP contribution in [0.25, 0.3) is 10.1 Å². The highest BCUT2D eigenvalue weighted by molar-refractivity contribution is 7.16. The molecule has 2 rings (SSSR count). The smallest absolute Gasteiger partial charge is 0.331 e. The fourth-order valence-corrected chi connectivity index (χ4v) is 2.60. The highest BCUT2D eigenvalue weighted by Gasteiger charge is 2.40. The van der Waals surface area contributed by atoms with Gasteiger partial charge in [-0.2, -0.15) is 0 Å². The van der Waals surface area contributed by atoms with Crippen molar-refractivity contribution in [2.75, 3.05) is 0 Å². The lowest BCUT2D eigenvalue weighted by atomic mass is 9.92. The molecular formula is C13H11NO5S. The quantitative estimate of drug-likeness (QED) is 0.573. The molecule has 0 aliphatic rings. The van der Waals surface area contributed by atoms with Crippen LogP contribution in [-0.2, 0) is 4.79 Å². The summed E-state index contributed by atoms with van der Waals surface area (Å²) in [6.45, 7) is 0.983. The number of carboxylic acids is 1. The third-order valence-corrected chi connectivity index (χ3v) is 3.89. The molecule has 0 radical (unpaired) electrons. The van der Waals surface area contributed by atoms with Gasteiger partial charge in [-0.25, -0.2) is 4.79 Å². The molecule has 1 atom stereocenters. The van der Waals surface area contributed by atoms with Crippen LogP contribution in [0, 0.1) is 0 Å². The first-order valence-electron chi connectivity index (χ1n) is 5.58. The minimum absolute atomic E-state index is 0.307. The molecule has 104 valence electrons. The summed E-state index contributed by atoms with van der Waals surface area (Å²) in [5, 5.41) is 19.3. The van der Waals surface area contributed by atoms with E-state index in [0.29, 0.717) is 10.1 Å². The molecule has 1 heterocycles. The van der Waals surface area contributed by atoms with Crippen LogP contribution < -0.4 is 10.5 Å². The zero-order valence-electron chi connectivity index (χ0n) is 10.4. The zero-order chi connectivity index (χ0) is 15.1. The summed E-state index contributed by atoms with van der Waals surface area (Å²) < 4.78 is -0.218. The van der Waals surface area contributed by atoms with Gasteiger partial charge in [-0.3, -0.25) is 9.59 Å². The van der Waals surface area contributed by atoms with Crippen molar-refractivity contribution in [2.24, 2.45) is 5.73 Å². The van der Waals surface area contributed by atoms with Gasteiger partial charge in [0, 0.05) is 10.1 Å². The molecule has 1 unspecified atom stereocenters. The number of hydrogen-bond acceptors (Lipinski definition) is 6. The Kier molecular flexibility index (Phi) is 3.33. The number of Topliss-reactive ketones (excluding diaryl/α,β-unsaturated/α-hetero) is 1. The minimum Gasteiger partial charge on any atom is -0.506 e. The first-order valence-corrected chi connectivity index (χ1v) is 6.40. The van der Waals surface area contributed by atoms with E-state index in [4.69, 9.17) is 10.8 Å². The number of nitrogens with two attached hydrogens (primary N) is 1. The summed E-state index contributed by atoms with van der Waals surface area (Å²) in [5.41, 5.74) is 2.57. The van der Waals surface area contributed by atoms with Crippen molar-refractivity contribution in [1.82, 2.24) is 0 Å². The number of aromatic hydroxyl groups is 1. The molecule has 4 N–H and O–H groups in total. The minimum atomic E-state index is -2.27. The van der Waals surface area contributed by atoms with Crippen molar-refractivity contribution in [3.05, 3.63) is 39.4 Å². The van der Waals surface area contributed by atoms with Gasteiger partial charge >= 0.3 is 5.97 Å². The van der Waals surface area contributed by atoms with Gasteiger partial charge in [0.1, 0.15) is 11.3 Å². The summed E-state index contributed by atoms with van der Waals surface area (Å²) in [5.74, 6) is -3.22. The second-order valence-electron chi connectivity index (χ2n) is 4.45. The number of hydrogen-bond donors (Lipinski definition) is 3. The molecule has 7 heteroatoms. The Morgan fingerprint density at radius 3 is 2.50 bits per heavy atom. The summed E-state index contributed by atoms with van der Waals surface area (Å²) >= 11 is 0.754. The first-order chi connectivity index (χ1) is 9.26. The van der Waals surface area contributed by atoms with E-state index in [1.165, 1.54) is 6.07 Å². The number of ketones is 1.